The summed E-state index contributed by atoms with van der Waals surface area (Å²) in [4.78, 5) is 19.0. The van der Waals surface area contributed by atoms with E-state index < -0.39 is 11.7 Å². The van der Waals surface area contributed by atoms with E-state index in [1.165, 1.54) is 0 Å². The summed E-state index contributed by atoms with van der Waals surface area (Å²) in [6.07, 6.45) is 3.09. The van der Waals surface area contributed by atoms with Gasteiger partial charge in [0, 0.05) is 24.1 Å². The Morgan fingerprint density at radius 1 is 1.30 bits per heavy atom. The molecule has 0 spiro atoms. The molecule has 1 amide bonds. The van der Waals surface area contributed by atoms with Gasteiger partial charge in [0.15, 0.2) is 0 Å². The van der Waals surface area contributed by atoms with Crippen LogP contribution >= 0.6 is 0 Å². The van der Waals surface area contributed by atoms with Crippen LogP contribution in [0.3, 0.4) is 0 Å². The normalized spacial score (nSPS) is 12.7. The quantitative estimate of drug-likeness (QED) is 0.787. The highest BCUT2D eigenvalue weighted by atomic mass is 16.6. The van der Waals surface area contributed by atoms with Gasteiger partial charge in [0.25, 0.3) is 0 Å². The molecule has 1 atom stereocenters. The number of ether oxygens (including phenoxy) is 1. The van der Waals surface area contributed by atoms with Crippen LogP contribution in [0.5, 0.6) is 0 Å². The second-order valence-corrected chi connectivity index (χ2v) is 6.39. The standard InChI is InChI=1S/C17H24N4O2/c1-12(20-11-15-18-9-10-19-15)13-5-7-14(8-6-13)21-16(22)23-17(2,3)4/h5-10,12,20H,11H2,1-4H3,(H,18,19)(H,21,22). The lowest BCUT2D eigenvalue weighted by Crippen LogP contribution is -2.27. The number of carbonyl (C=O) groups is 1. The Kier molecular flexibility index (Phi) is 5.39. The Morgan fingerprint density at radius 2 is 2.00 bits per heavy atom. The molecular weight excluding hydrogens is 292 g/mol. The van der Waals surface area contributed by atoms with E-state index in [1.807, 2.05) is 45.0 Å². The molecule has 0 aliphatic rings. The molecule has 1 heterocycles. The number of anilines is 1. The van der Waals surface area contributed by atoms with E-state index >= 15 is 0 Å². The number of carbonyl (C=O) groups excluding carboxylic acids is 1. The van der Waals surface area contributed by atoms with Crippen LogP contribution in [0.15, 0.2) is 36.7 Å². The van der Waals surface area contributed by atoms with Gasteiger partial charge in [-0.2, -0.15) is 0 Å². The Morgan fingerprint density at radius 3 is 2.57 bits per heavy atom. The summed E-state index contributed by atoms with van der Waals surface area (Å²) < 4.78 is 5.23. The van der Waals surface area contributed by atoms with Gasteiger partial charge >= 0.3 is 6.09 Å². The number of amides is 1. The molecule has 1 aromatic carbocycles. The maximum atomic E-state index is 11.7. The van der Waals surface area contributed by atoms with Crippen LogP contribution in [-0.4, -0.2) is 21.7 Å². The minimum atomic E-state index is -0.506. The summed E-state index contributed by atoms with van der Waals surface area (Å²) in [5, 5.41) is 6.11. The van der Waals surface area contributed by atoms with Crippen LogP contribution in [0.4, 0.5) is 10.5 Å². The second-order valence-electron chi connectivity index (χ2n) is 6.39. The molecule has 6 nitrogen and oxygen atoms in total. The van der Waals surface area contributed by atoms with Crippen LogP contribution in [0.25, 0.3) is 0 Å². The van der Waals surface area contributed by atoms with Gasteiger partial charge in [0.2, 0.25) is 0 Å². The molecule has 0 saturated carbocycles. The van der Waals surface area contributed by atoms with E-state index in [-0.39, 0.29) is 6.04 Å². The van der Waals surface area contributed by atoms with Crippen molar-refractivity contribution in [3.63, 3.8) is 0 Å². The number of imidazole rings is 1. The topological polar surface area (TPSA) is 79.0 Å². The zero-order valence-corrected chi connectivity index (χ0v) is 14.0. The molecule has 0 bridgehead atoms. The zero-order valence-electron chi connectivity index (χ0n) is 14.0. The van der Waals surface area contributed by atoms with E-state index in [2.05, 4.69) is 27.5 Å². The second kappa shape index (κ2) is 7.28. The molecule has 3 N–H and O–H groups in total. The molecule has 0 aliphatic heterocycles. The van der Waals surface area contributed by atoms with Gasteiger partial charge in [-0.15, -0.1) is 0 Å². The summed E-state index contributed by atoms with van der Waals surface area (Å²) in [6, 6.07) is 7.86. The summed E-state index contributed by atoms with van der Waals surface area (Å²) in [7, 11) is 0. The third-order valence-corrected chi connectivity index (χ3v) is 3.19. The van der Waals surface area contributed by atoms with E-state index in [9.17, 15) is 4.79 Å². The SMILES string of the molecule is CC(NCc1ncc[nH]1)c1ccc(NC(=O)OC(C)(C)C)cc1. The van der Waals surface area contributed by atoms with Crippen LogP contribution in [0.2, 0.25) is 0 Å². The van der Waals surface area contributed by atoms with Crippen molar-refractivity contribution in [2.45, 2.75) is 45.9 Å². The molecule has 2 rings (SSSR count). The fraction of sp³-hybridized carbons (Fsp3) is 0.412. The third kappa shape index (κ3) is 5.75. The van der Waals surface area contributed by atoms with Gasteiger partial charge in [0.1, 0.15) is 11.4 Å². The maximum Gasteiger partial charge on any atom is 0.412 e. The van der Waals surface area contributed by atoms with Crippen molar-refractivity contribution in [3.8, 4) is 0 Å². The number of aromatic nitrogens is 2. The van der Waals surface area contributed by atoms with E-state index in [4.69, 9.17) is 4.74 Å². The fourth-order valence-corrected chi connectivity index (χ4v) is 2.04. The number of rotatable bonds is 5. The predicted molar refractivity (Wildman–Crippen MR) is 90.1 cm³/mol. The van der Waals surface area contributed by atoms with Crippen molar-refractivity contribution in [1.29, 1.82) is 0 Å². The number of nitrogens with one attached hydrogen (secondary N) is 3. The number of hydrogen-bond acceptors (Lipinski definition) is 4. The first-order valence-corrected chi connectivity index (χ1v) is 7.65. The van der Waals surface area contributed by atoms with Crippen molar-refractivity contribution in [2.24, 2.45) is 0 Å². The number of benzene rings is 1. The molecule has 0 fully saturated rings. The van der Waals surface area contributed by atoms with Gasteiger partial charge in [0.05, 0.1) is 6.54 Å². The smallest absolute Gasteiger partial charge is 0.412 e. The van der Waals surface area contributed by atoms with Crippen molar-refractivity contribution in [2.75, 3.05) is 5.32 Å². The lowest BCUT2D eigenvalue weighted by Gasteiger charge is -2.20. The van der Waals surface area contributed by atoms with E-state index in [0.717, 1.165) is 11.4 Å². The monoisotopic (exact) mass is 316 g/mol. The third-order valence-electron chi connectivity index (χ3n) is 3.19. The van der Waals surface area contributed by atoms with Crippen molar-refractivity contribution in [3.05, 3.63) is 48.0 Å². The summed E-state index contributed by atoms with van der Waals surface area (Å²) in [5.74, 6) is 0.903. The predicted octanol–water partition coefficient (Wildman–Crippen LogP) is 3.61. The first-order chi connectivity index (χ1) is 10.8. The highest BCUT2D eigenvalue weighted by Crippen LogP contribution is 2.17. The lowest BCUT2D eigenvalue weighted by molar-refractivity contribution is 0.0636. The van der Waals surface area contributed by atoms with Crippen molar-refractivity contribution >= 4 is 11.8 Å². The molecule has 6 heteroatoms. The Balaban J connectivity index is 1.87. The first-order valence-electron chi connectivity index (χ1n) is 7.65. The Hall–Kier alpha value is -2.34. The van der Waals surface area contributed by atoms with E-state index in [0.29, 0.717) is 12.2 Å². The number of H-pyrrole nitrogens is 1. The highest BCUT2D eigenvalue weighted by Gasteiger charge is 2.16. The number of nitrogens with zero attached hydrogens (tertiary/aromatic N) is 1. The van der Waals surface area contributed by atoms with Gasteiger partial charge in [-0.3, -0.25) is 5.32 Å². The Labute approximate surface area is 136 Å². The summed E-state index contributed by atoms with van der Waals surface area (Å²) >= 11 is 0. The summed E-state index contributed by atoms with van der Waals surface area (Å²) in [5.41, 5.74) is 1.33. The van der Waals surface area contributed by atoms with E-state index in [1.54, 1.807) is 12.4 Å². The molecule has 124 valence electrons. The van der Waals surface area contributed by atoms with Crippen molar-refractivity contribution < 1.29 is 9.53 Å². The van der Waals surface area contributed by atoms with Gasteiger partial charge in [-0.05, 0) is 45.4 Å². The minimum absolute atomic E-state index is 0.177. The minimum Gasteiger partial charge on any atom is -0.444 e. The van der Waals surface area contributed by atoms with Crippen molar-refractivity contribution in [1.82, 2.24) is 15.3 Å². The van der Waals surface area contributed by atoms with Crippen LogP contribution < -0.4 is 10.6 Å². The van der Waals surface area contributed by atoms with Gasteiger partial charge in [-0.25, -0.2) is 9.78 Å². The van der Waals surface area contributed by atoms with Crippen LogP contribution in [-0.2, 0) is 11.3 Å². The largest absolute Gasteiger partial charge is 0.444 e. The molecule has 1 aromatic heterocycles. The molecular formula is C17H24N4O2. The molecule has 2 aromatic rings. The van der Waals surface area contributed by atoms with Gasteiger partial charge < -0.3 is 15.0 Å². The number of hydrogen-bond donors (Lipinski definition) is 3. The molecule has 0 radical (unpaired) electrons. The zero-order chi connectivity index (χ0) is 16.9. The molecule has 23 heavy (non-hydrogen) atoms. The molecule has 1 unspecified atom stereocenters. The Bertz CT molecular complexity index is 615. The van der Waals surface area contributed by atoms with Crippen LogP contribution in [0.1, 0.15) is 45.1 Å². The maximum absolute atomic E-state index is 11.7. The highest BCUT2D eigenvalue weighted by molar-refractivity contribution is 5.84. The lowest BCUT2D eigenvalue weighted by atomic mass is 10.1. The van der Waals surface area contributed by atoms with Crippen LogP contribution in [0, 0.1) is 0 Å². The average molecular weight is 316 g/mol. The average Bonchev–Trinajstić information content (AvgIpc) is 2.96. The molecule has 0 aliphatic carbocycles. The number of aromatic amines is 1. The summed E-state index contributed by atoms with van der Waals surface area (Å²) in [6.45, 7) is 8.26. The molecule has 0 saturated heterocycles. The first kappa shape index (κ1) is 17.0. The van der Waals surface area contributed by atoms with Gasteiger partial charge in [-0.1, -0.05) is 12.1 Å². The fourth-order valence-electron chi connectivity index (χ4n) is 2.04.